The van der Waals surface area contributed by atoms with Gasteiger partial charge in [-0.05, 0) is 18.9 Å². The number of carbonyl (C=O) groups is 1. The molecule has 0 spiro atoms. The Labute approximate surface area is 151 Å². The van der Waals surface area contributed by atoms with Gasteiger partial charge < -0.3 is 24.4 Å². The highest BCUT2D eigenvalue weighted by molar-refractivity contribution is 6.32. The van der Waals surface area contributed by atoms with Crippen LogP contribution in [-0.2, 0) is 14.4 Å². The molecular weight excluding hydrogens is 348 g/mol. The number of nitrogens with one attached hydrogen (secondary N) is 1. The van der Waals surface area contributed by atoms with Gasteiger partial charge >= 0.3 is 0 Å². The lowest BCUT2D eigenvalue weighted by atomic mass is 10.0. The van der Waals surface area contributed by atoms with Crippen LogP contribution in [0.4, 0.5) is 0 Å². The van der Waals surface area contributed by atoms with Gasteiger partial charge in [0, 0.05) is 31.2 Å². The van der Waals surface area contributed by atoms with E-state index in [1.807, 2.05) is 0 Å². The molecule has 2 aliphatic rings. The van der Waals surface area contributed by atoms with Crippen molar-refractivity contribution in [2.45, 2.75) is 31.5 Å². The van der Waals surface area contributed by atoms with Gasteiger partial charge in [0.1, 0.15) is 11.5 Å². The van der Waals surface area contributed by atoms with E-state index in [0.29, 0.717) is 40.8 Å². The molecule has 136 valence electrons. The van der Waals surface area contributed by atoms with E-state index in [4.69, 9.17) is 30.6 Å². The maximum absolute atomic E-state index is 12.3. The minimum atomic E-state index is -0.665. The molecule has 1 aromatic rings. The molecule has 1 fully saturated rings. The number of oxime groups is 1. The second kappa shape index (κ2) is 7.93. The van der Waals surface area contributed by atoms with Crippen molar-refractivity contribution in [3.8, 4) is 11.5 Å². The zero-order valence-corrected chi connectivity index (χ0v) is 15.0. The third-order valence-electron chi connectivity index (χ3n) is 4.27. The van der Waals surface area contributed by atoms with Crippen molar-refractivity contribution >= 4 is 23.2 Å². The van der Waals surface area contributed by atoms with Crippen molar-refractivity contribution in [1.82, 2.24) is 5.32 Å². The summed E-state index contributed by atoms with van der Waals surface area (Å²) in [6.07, 6.45) is 1.77. The summed E-state index contributed by atoms with van der Waals surface area (Å²) in [5.74, 6) is 0.865. The molecule has 25 heavy (non-hydrogen) atoms. The van der Waals surface area contributed by atoms with Gasteiger partial charge in [0.2, 0.25) is 6.10 Å². The number of nitrogens with zero attached hydrogens (tertiary/aromatic N) is 1. The van der Waals surface area contributed by atoms with Gasteiger partial charge in [-0.15, -0.1) is 0 Å². The third-order valence-corrected chi connectivity index (χ3v) is 4.57. The highest BCUT2D eigenvalue weighted by atomic mass is 35.5. The number of benzene rings is 1. The molecule has 0 aliphatic carbocycles. The number of ether oxygens (including phenoxy) is 3. The van der Waals surface area contributed by atoms with Crippen molar-refractivity contribution in [1.29, 1.82) is 0 Å². The van der Waals surface area contributed by atoms with E-state index in [9.17, 15) is 4.79 Å². The molecule has 1 saturated heterocycles. The number of carbonyl (C=O) groups excluding carboxylic acids is 1. The first-order valence-corrected chi connectivity index (χ1v) is 8.54. The van der Waals surface area contributed by atoms with Gasteiger partial charge in [-0.3, -0.25) is 4.79 Å². The molecule has 0 aromatic heterocycles. The Morgan fingerprint density at radius 2 is 2.16 bits per heavy atom. The minimum Gasteiger partial charge on any atom is -0.496 e. The predicted molar refractivity (Wildman–Crippen MR) is 92.6 cm³/mol. The van der Waals surface area contributed by atoms with Crippen LogP contribution >= 0.6 is 11.6 Å². The van der Waals surface area contributed by atoms with E-state index in [2.05, 4.69) is 10.5 Å². The molecule has 1 N–H and O–H groups in total. The summed E-state index contributed by atoms with van der Waals surface area (Å²) in [7, 11) is 3.08. The maximum Gasteiger partial charge on any atom is 0.264 e. The Morgan fingerprint density at radius 1 is 1.36 bits per heavy atom. The number of rotatable bonds is 6. The molecule has 0 radical (unpaired) electrons. The van der Waals surface area contributed by atoms with Crippen molar-refractivity contribution in [3.05, 3.63) is 22.7 Å². The van der Waals surface area contributed by atoms with Gasteiger partial charge in [0.15, 0.2) is 0 Å². The average Bonchev–Trinajstić information content (AvgIpc) is 3.31. The molecule has 2 atom stereocenters. The fraction of sp³-hybridized carbons (Fsp3) is 0.529. The largest absolute Gasteiger partial charge is 0.496 e. The van der Waals surface area contributed by atoms with Crippen LogP contribution in [0.25, 0.3) is 0 Å². The molecule has 1 amide bonds. The fourth-order valence-electron chi connectivity index (χ4n) is 2.90. The minimum absolute atomic E-state index is 0.0891. The monoisotopic (exact) mass is 368 g/mol. The van der Waals surface area contributed by atoms with Crippen molar-refractivity contribution in [2.75, 3.05) is 27.4 Å². The predicted octanol–water partition coefficient (Wildman–Crippen LogP) is 2.15. The summed E-state index contributed by atoms with van der Waals surface area (Å²) in [6, 6.07) is 3.39. The topological polar surface area (TPSA) is 78.4 Å². The Bertz CT molecular complexity index is 673. The Kier molecular flexibility index (Phi) is 5.65. The number of halogens is 1. The highest BCUT2D eigenvalue weighted by Gasteiger charge is 2.31. The van der Waals surface area contributed by atoms with E-state index in [0.717, 1.165) is 19.4 Å². The maximum atomic E-state index is 12.3. The summed E-state index contributed by atoms with van der Waals surface area (Å²) in [5.41, 5.74) is 1.29. The van der Waals surface area contributed by atoms with Crippen molar-refractivity contribution in [2.24, 2.45) is 5.16 Å². The second-order valence-electron chi connectivity index (χ2n) is 5.90. The van der Waals surface area contributed by atoms with E-state index >= 15 is 0 Å². The van der Waals surface area contributed by atoms with Gasteiger partial charge in [-0.1, -0.05) is 16.8 Å². The van der Waals surface area contributed by atoms with Gasteiger partial charge in [-0.25, -0.2) is 0 Å². The first-order chi connectivity index (χ1) is 12.1. The lowest BCUT2D eigenvalue weighted by Gasteiger charge is -2.13. The van der Waals surface area contributed by atoms with Gasteiger partial charge in [-0.2, -0.15) is 0 Å². The second-order valence-corrected chi connectivity index (χ2v) is 6.31. The fourth-order valence-corrected chi connectivity index (χ4v) is 3.14. The van der Waals surface area contributed by atoms with Crippen LogP contribution in [0, 0.1) is 0 Å². The standard InChI is InChI=1S/C17H21ClN2O5/c1-22-14-8-15(23-2)12(18)6-11(14)13-7-16(25-20-13)17(21)19-9-10-4-3-5-24-10/h6,8,10,16H,3-5,7,9H2,1-2H3,(H,19,21)/t10-,16+/m0/s1. The molecule has 3 rings (SSSR count). The number of hydrogen-bond acceptors (Lipinski definition) is 6. The lowest BCUT2D eigenvalue weighted by Crippen LogP contribution is -2.39. The van der Waals surface area contributed by atoms with E-state index < -0.39 is 6.10 Å². The van der Waals surface area contributed by atoms with Crippen LogP contribution in [0.5, 0.6) is 11.5 Å². The summed E-state index contributed by atoms with van der Waals surface area (Å²) < 4.78 is 16.1. The summed E-state index contributed by atoms with van der Waals surface area (Å²) in [5, 5.41) is 7.33. The van der Waals surface area contributed by atoms with E-state index in [-0.39, 0.29) is 12.0 Å². The molecule has 7 nitrogen and oxygen atoms in total. The third kappa shape index (κ3) is 3.99. The Hall–Kier alpha value is -1.99. The number of amides is 1. The van der Waals surface area contributed by atoms with E-state index in [1.165, 1.54) is 7.11 Å². The first kappa shape index (κ1) is 17.8. The molecule has 2 aliphatic heterocycles. The molecule has 0 bridgehead atoms. The highest BCUT2D eigenvalue weighted by Crippen LogP contribution is 2.34. The number of methoxy groups -OCH3 is 2. The summed E-state index contributed by atoms with van der Waals surface area (Å²) in [6.45, 7) is 1.25. The van der Waals surface area contributed by atoms with Crippen molar-refractivity contribution < 1.29 is 23.8 Å². The molecule has 8 heteroatoms. The molecule has 2 heterocycles. The average molecular weight is 369 g/mol. The smallest absolute Gasteiger partial charge is 0.264 e. The van der Waals surface area contributed by atoms with Crippen LogP contribution in [0.1, 0.15) is 24.8 Å². The quantitative estimate of drug-likeness (QED) is 0.832. The van der Waals surface area contributed by atoms with Gasteiger partial charge in [0.25, 0.3) is 5.91 Å². The normalized spacial score (nSPS) is 22.3. The summed E-state index contributed by atoms with van der Waals surface area (Å²) >= 11 is 6.19. The molecular formula is C17H21ClN2O5. The lowest BCUT2D eigenvalue weighted by molar-refractivity contribution is -0.131. The SMILES string of the molecule is COc1cc(OC)c(C2=NO[C@@H](C(=O)NC[C@@H]3CCCO3)C2)cc1Cl. The molecule has 1 aromatic carbocycles. The van der Waals surface area contributed by atoms with Crippen LogP contribution < -0.4 is 14.8 Å². The zero-order valence-electron chi connectivity index (χ0n) is 14.2. The van der Waals surface area contributed by atoms with E-state index in [1.54, 1.807) is 19.2 Å². The van der Waals surface area contributed by atoms with Crippen LogP contribution in [0.3, 0.4) is 0 Å². The zero-order chi connectivity index (χ0) is 17.8. The number of hydrogen-bond donors (Lipinski definition) is 1. The van der Waals surface area contributed by atoms with Crippen LogP contribution in [-0.4, -0.2) is 51.2 Å². The first-order valence-electron chi connectivity index (χ1n) is 8.16. The van der Waals surface area contributed by atoms with Crippen molar-refractivity contribution in [3.63, 3.8) is 0 Å². The van der Waals surface area contributed by atoms with Gasteiger partial charge in [0.05, 0.1) is 31.1 Å². The summed E-state index contributed by atoms with van der Waals surface area (Å²) in [4.78, 5) is 17.6. The molecule has 0 saturated carbocycles. The Morgan fingerprint density at radius 3 is 2.84 bits per heavy atom. The van der Waals surface area contributed by atoms with Crippen LogP contribution in [0.2, 0.25) is 5.02 Å². The van der Waals surface area contributed by atoms with Crippen LogP contribution in [0.15, 0.2) is 17.3 Å². The molecule has 0 unspecified atom stereocenters. The Balaban J connectivity index is 1.63.